The predicted octanol–water partition coefficient (Wildman–Crippen LogP) is 9.25. The first-order valence-corrected chi connectivity index (χ1v) is 13.6. The molecule has 0 aliphatic carbocycles. The van der Waals surface area contributed by atoms with Gasteiger partial charge in [0, 0.05) is 19.3 Å². The first-order chi connectivity index (χ1) is 12.8. The number of hydrogen-bond acceptors (Lipinski definition) is 4. The monoisotopic (exact) mass is 674 g/mol. The van der Waals surface area contributed by atoms with Crippen LogP contribution in [-0.4, -0.2) is 47.3 Å². The van der Waals surface area contributed by atoms with E-state index < -0.39 is 35.3 Å². The summed E-state index contributed by atoms with van der Waals surface area (Å²) < 4.78 is 23.5. The molecule has 0 saturated carbocycles. The van der Waals surface area contributed by atoms with E-state index in [0.717, 1.165) is 0 Å². The molecule has 0 aliphatic rings. The van der Waals surface area contributed by atoms with Gasteiger partial charge in [0.2, 0.25) is 0 Å². The van der Waals surface area contributed by atoms with Crippen LogP contribution in [0.2, 0.25) is 0 Å². The maximum Gasteiger partial charge on any atom is 0.474 e. The second kappa shape index (κ2) is 14.2. The maximum absolute atomic E-state index is 12.9. The largest absolute Gasteiger partial charge is 0.474 e. The second-order valence-electron chi connectivity index (χ2n) is 5.58. The van der Waals surface area contributed by atoms with Crippen molar-refractivity contribution in [3.8, 4) is 0 Å². The Morgan fingerprint density at radius 1 is 0.552 bits per heavy atom. The van der Waals surface area contributed by atoms with Gasteiger partial charge < -0.3 is 0 Å². The molecule has 0 heterocycles. The fourth-order valence-electron chi connectivity index (χ4n) is 1.56. The summed E-state index contributed by atoms with van der Waals surface area (Å²) in [6, 6.07) is 0. The third-order valence-electron chi connectivity index (χ3n) is 2.60. The molecule has 0 aromatic rings. The van der Waals surface area contributed by atoms with Gasteiger partial charge in [-0.15, -0.1) is 34.8 Å². The van der Waals surface area contributed by atoms with Crippen LogP contribution in [0, 0.1) is 0 Å². The minimum absolute atomic E-state index is 0.101. The van der Waals surface area contributed by atoms with Gasteiger partial charge in [0.05, 0.1) is 36.0 Å². The number of halogens is 12. The lowest BCUT2D eigenvalue weighted by molar-refractivity contribution is 0.111. The highest BCUT2D eigenvalue weighted by molar-refractivity contribution is 7.48. The van der Waals surface area contributed by atoms with Gasteiger partial charge in [0.1, 0.15) is 0 Å². The number of hydrogen-bond donors (Lipinski definition) is 0. The van der Waals surface area contributed by atoms with Crippen molar-refractivity contribution in [1.82, 2.24) is 0 Å². The van der Waals surface area contributed by atoms with Gasteiger partial charge in [-0.1, -0.05) is 104 Å². The molecule has 0 aromatic carbocycles. The van der Waals surface area contributed by atoms with E-state index >= 15 is 0 Å². The molecule has 0 aliphatic heterocycles. The van der Waals surface area contributed by atoms with Gasteiger partial charge in [-0.05, 0) is 0 Å². The van der Waals surface area contributed by atoms with Crippen molar-refractivity contribution >= 4 is 147 Å². The highest BCUT2D eigenvalue weighted by atomic mass is 35.6. The summed E-state index contributed by atoms with van der Waals surface area (Å²) in [5, 5.41) is -2.49. The molecule has 0 spiro atoms. The molecule has 0 aromatic heterocycles. The predicted molar refractivity (Wildman–Crippen MR) is 129 cm³/mol. The number of phosphoric acid groups is 1. The molecule has 0 fully saturated rings. The van der Waals surface area contributed by atoms with E-state index in [0.29, 0.717) is 0 Å². The molecule has 0 radical (unpaired) electrons. The minimum Gasteiger partial charge on any atom is -0.285 e. The van der Waals surface area contributed by atoms with Crippen molar-refractivity contribution in [2.24, 2.45) is 0 Å². The Morgan fingerprint density at radius 2 is 0.759 bits per heavy atom. The minimum atomic E-state index is -4.22. The second-order valence-corrected chi connectivity index (χ2v) is 16.7. The standard InChI is InChI=1S/C12H15Cl12O4P/c13-7(1-10(16,17)18)4-26-29(25,27-5-8(14)2-11(19,20)21)28-6-9(15)3-12(22,23)24/h7-9H,1-6H2. The zero-order valence-electron chi connectivity index (χ0n) is 14.1. The topological polar surface area (TPSA) is 44.8 Å². The number of phosphoric ester groups is 1. The lowest BCUT2D eigenvalue weighted by atomic mass is 10.3. The van der Waals surface area contributed by atoms with Crippen LogP contribution in [-0.2, 0) is 18.1 Å². The zero-order chi connectivity index (χ0) is 23.1. The third kappa shape index (κ3) is 20.7. The molecular formula is C12H15Cl12O4P. The van der Waals surface area contributed by atoms with Crippen LogP contribution in [0.4, 0.5) is 0 Å². The molecule has 29 heavy (non-hydrogen) atoms. The fourth-order valence-corrected chi connectivity index (χ4v) is 6.40. The number of rotatable bonds is 12. The number of alkyl halides is 12. The van der Waals surface area contributed by atoms with Gasteiger partial charge in [0.25, 0.3) is 0 Å². The van der Waals surface area contributed by atoms with Crippen molar-refractivity contribution in [1.29, 1.82) is 0 Å². The van der Waals surface area contributed by atoms with Gasteiger partial charge in [-0.25, -0.2) is 4.57 Å². The van der Waals surface area contributed by atoms with Crippen LogP contribution in [0.25, 0.3) is 0 Å². The first kappa shape index (κ1) is 32.6. The molecule has 0 saturated heterocycles. The molecule has 176 valence electrons. The van der Waals surface area contributed by atoms with Crippen LogP contribution >= 0.6 is 147 Å². The lowest BCUT2D eigenvalue weighted by Crippen LogP contribution is -2.21. The molecule has 0 N–H and O–H groups in total. The average Bonchev–Trinajstić information content (AvgIpc) is 2.44. The van der Waals surface area contributed by atoms with Crippen molar-refractivity contribution in [2.75, 3.05) is 19.8 Å². The van der Waals surface area contributed by atoms with Crippen molar-refractivity contribution in [3.63, 3.8) is 0 Å². The fraction of sp³-hybridized carbons (Fsp3) is 1.00. The molecule has 17 heteroatoms. The van der Waals surface area contributed by atoms with E-state index in [1.807, 2.05) is 0 Å². The van der Waals surface area contributed by atoms with Crippen LogP contribution in [0.3, 0.4) is 0 Å². The van der Waals surface area contributed by atoms with Crippen molar-refractivity contribution in [3.05, 3.63) is 0 Å². The SMILES string of the molecule is O=P(OCC(Cl)CC(Cl)(Cl)Cl)(OCC(Cl)CC(Cl)(Cl)Cl)OCC(Cl)CC(Cl)(Cl)Cl. The average molecular weight is 680 g/mol. The Balaban J connectivity index is 4.94. The summed E-state index contributed by atoms with van der Waals surface area (Å²) in [4.78, 5) is 0. The third-order valence-corrected chi connectivity index (χ3v) is 6.22. The molecule has 3 unspecified atom stereocenters. The summed E-state index contributed by atoms with van der Waals surface area (Å²) in [6.45, 7) is -1.04. The van der Waals surface area contributed by atoms with E-state index in [4.69, 9.17) is 153 Å². The first-order valence-electron chi connectivity index (χ1n) is 7.46. The van der Waals surface area contributed by atoms with E-state index in [1.54, 1.807) is 0 Å². The summed E-state index contributed by atoms with van der Waals surface area (Å²) in [7, 11) is -4.22. The van der Waals surface area contributed by atoms with Crippen LogP contribution in [0.5, 0.6) is 0 Å². The quantitative estimate of drug-likeness (QED) is 0.152. The van der Waals surface area contributed by atoms with E-state index in [-0.39, 0.29) is 39.1 Å². The maximum atomic E-state index is 12.9. The smallest absolute Gasteiger partial charge is 0.285 e. The van der Waals surface area contributed by atoms with Gasteiger partial charge in [-0.2, -0.15) is 0 Å². The van der Waals surface area contributed by atoms with Gasteiger partial charge in [0.15, 0.2) is 11.4 Å². The summed E-state index contributed by atoms with van der Waals surface area (Å²) in [5.74, 6) is 0. The molecule has 4 nitrogen and oxygen atoms in total. The molecule has 3 atom stereocenters. The highest BCUT2D eigenvalue weighted by Gasteiger charge is 2.34. The molecule has 0 bridgehead atoms. The van der Waals surface area contributed by atoms with E-state index in [9.17, 15) is 4.57 Å². The Bertz CT molecular complexity index is 449. The normalized spacial score (nSPS) is 18.9. The van der Waals surface area contributed by atoms with Crippen LogP contribution < -0.4 is 0 Å². The van der Waals surface area contributed by atoms with Crippen LogP contribution in [0.15, 0.2) is 0 Å². The summed E-state index contributed by atoms with van der Waals surface area (Å²) >= 11 is 68.9. The highest BCUT2D eigenvalue weighted by Crippen LogP contribution is 2.51. The molecule has 0 rings (SSSR count). The van der Waals surface area contributed by atoms with Gasteiger partial charge >= 0.3 is 7.82 Å². The van der Waals surface area contributed by atoms with E-state index in [2.05, 4.69) is 0 Å². The van der Waals surface area contributed by atoms with Crippen LogP contribution in [0.1, 0.15) is 19.3 Å². The Morgan fingerprint density at radius 3 is 0.931 bits per heavy atom. The Hall–Kier alpha value is 3.59. The van der Waals surface area contributed by atoms with Gasteiger partial charge in [-0.3, -0.25) is 13.6 Å². The van der Waals surface area contributed by atoms with Crippen molar-refractivity contribution < 1.29 is 18.1 Å². The Labute approximate surface area is 229 Å². The summed E-state index contributed by atoms with van der Waals surface area (Å²) in [5.41, 5.74) is 0. The molecular weight excluding hydrogens is 665 g/mol. The lowest BCUT2D eigenvalue weighted by Gasteiger charge is -2.24. The van der Waals surface area contributed by atoms with E-state index in [1.165, 1.54) is 0 Å². The zero-order valence-corrected chi connectivity index (χ0v) is 24.1. The molecule has 0 amide bonds. The van der Waals surface area contributed by atoms with Crippen molar-refractivity contribution in [2.45, 2.75) is 46.8 Å². The summed E-state index contributed by atoms with van der Waals surface area (Å²) in [6.07, 6.45) is -0.304. The Kier molecular flexibility index (Phi) is 16.0.